The van der Waals surface area contributed by atoms with Gasteiger partial charge in [-0.05, 0) is 82.1 Å². The van der Waals surface area contributed by atoms with Crippen LogP contribution in [-0.4, -0.2) is 67.1 Å². The van der Waals surface area contributed by atoms with Crippen molar-refractivity contribution < 1.29 is 9.59 Å². The highest BCUT2D eigenvalue weighted by molar-refractivity contribution is 6.02. The quantitative estimate of drug-likeness (QED) is 0.193. The molecule has 234 valence electrons. The number of aromatic nitrogens is 1. The molecule has 10 heteroatoms. The van der Waals surface area contributed by atoms with Crippen LogP contribution in [0.2, 0.25) is 0 Å². The first-order valence-corrected chi connectivity index (χ1v) is 15.5. The van der Waals surface area contributed by atoms with Gasteiger partial charge in [0, 0.05) is 49.6 Å². The minimum absolute atomic E-state index is 0.0324. The molecule has 45 heavy (non-hydrogen) atoms. The number of anilines is 4. The van der Waals surface area contributed by atoms with Crippen LogP contribution in [0.1, 0.15) is 37.7 Å². The van der Waals surface area contributed by atoms with Gasteiger partial charge in [-0.3, -0.25) is 14.7 Å². The second-order valence-corrected chi connectivity index (χ2v) is 11.9. The zero-order valence-corrected chi connectivity index (χ0v) is 26.1. The molecule has 1 aliphatic carbocycles. The number of hydrogen-bond acceptors (Lipinski definition) is 6. The molecule has 2 fully saturated rings. The first-order chi connectivity index (χ1) is 21.8. The molecule has 0 bridgehead atoms. The van der Waals surface area contributed by atoms with E-state index in [1.807, 2.05) is 59.5 Å². The fourth-order valence-corrected chi connectivity index (χ4v) is 6.19. The van der Waals surface area contributed by atoms with Gasteiger partial charge in [-0.2, -0.15) is 0 Å². The Labute approximate surface area is 265 Å². The molecule has 0 radical (unpaired) electrons. The Kier molecular flexibility index (Phi) is 10.3. The Morgan fingerprint density at radius 1 is 1.04 bits per heavy atom. The first kappa shape index (κ1) is 31.5. The predicted molar refractivity (Wildman–Crippen MR) is 181 cm³/mol. The maximum Gasteiger partial charge on any atom is 0.322 e. The second kappa shape index (κ2) is 14.7. The van der Waals surface area contributed by atoms with Crippen LogP contribution in [-0.2, 0) is 11.3 Å². The molecule has 1 saturated carbocycles. The number of amides is 3. The molecule has 2 aromatic carbocycles. The number of likely N-dealkylation sites (N-methyl/N-ethyl adjacent to an activating group) is 1. The fourth-order valence-electron chi connectivity index (χ4n) is 6.19. The Bertz CT molecular complexity index is 1510. The van der Waals surface area contributed by atoms with Crippen molar-refractivity contribution in [3.8, 4) is 0 Å². The van der Waals surface area contributed by atoms with E-state index in [9.17, 15) is 9.59 Å². The van der Waals surface area contributed by atoms with E-state index in [0.29, 0.717) is 24.0 Å². The van der Waals surface area contributed by atoms with Crippen molar-refractivity contribution >= 4 is 40.5 Å². The van der Waals surface area contributed by atoms with Gasteiger partial charge in [0.15, 0.2) is 0 Å². The zero-order chi connectivity index (χ0) is 31.8. The highest BCUT2D eigenvalue weighted by atomic mass is 16.2. The lowest BCUT2D eigenvalue weighted by Crippen LogP contribution is -2.48. The summed E-state index contributed by atoms with van der Waals surface area (Å²) in [5, 5.41) is 9.64. The van der Waals surface area contributed by atoms with Crippen molar-refractivity contribution in [2.24, 2.45) is 0 Å². The van der Waals surface area contributed by atoms with E-state index in [2.05, 4.69) is 56.3 Å². The van der Waals surface area contributed by atoms with Gasteiger partial charge < -0.3 is 25.8 Å². The maximum atomic E-state index is 13.9. The van der Waals surface area contributed by atoms with E-state index < -0.39 is 0 Å². The number of nitrogens with zero attached hydrogens (tertiary/aromatic N) is 5. The highest BCUT2D eigenvalue weighted by Gasteiger charge is 2.32. The third kappa shape index (κ3) is 7.99. The van der Waals surface area contributed by atoms with Crippen LogP contribution in [0.25, 0.3) is 4.85 Å². The molecule has 1 saturated heterocycles. The van der Waals surface area contributed by atoms with Crippen LogP contribution in [0.5, 0.6) is 0 Å². The molecule has 1 atom stereocenters. The van der Waals surface area contributed by atoms with Gasteiger partial charge >= 0.3 is 6.03 Å². The number of hydrogen-bond donors (Lipinski definition) is 3. The lowest BCUT2D eigenvalue weighted by molar-refractivity contribution is -0.111. The Morgan fingerprint density at radius 2 is 1.82 bits per heavy atom. The zero-order valence-electron chi connectivity index (χ0n) is 26.1. The van der Waals surface area contributed by atoms with Crippen LogP contribution in [0.15, 0.2) is 79.5 Å². The van der Waals surface area contributed by atoms with E-state index in [1.54, 1.807) is 12.3 Å². The molecule has 1 unspecified atom stereocenters. The summed E-state index contributed by atoms with van der Waals surface area (Å²) in [6.07, 6.45) is 7.19. The average molecular weight is 607 g/mol. The van der Waals surface area contributed by atoms with Gasteiger partial charge in [-0.1, -0.05) is 43.0 Å². The molecule has 10 nitrogen and oxygen atoms in total. The summed E-state index contributed by atoms with van der Waals surface area (Å²) in [4.78, 5) is 40.7. The number of rotatable bonds is 10. The van der Waals surface area contributed by atoms with Gasteiger partial charge in [-0.15, -0.1) is 0 Å². The molecular weight excluding hydrogens is 564 g/mol. The van der Waals surface area contributed by atoms with Crippen molar-refractivity contribution in [1.29, 1.82) is 0 Å². The van der Waals surface area contributed by atoms with Crippen molar-refractivity contribution in [2.75, 3.05) is 47.6 Å². The summed E-state index contributed by atoms with van der Waals surface area (Å²) in [5.41, 5.74) is 3.88. The summed E-state index contributed by atoms with van der Waals surface area (Å²) in [7, 11) is 4.19. The smallest absolute Gasteiger partial charge is 0.322 e. The molecule has 3 aromatic rings. The number of urea groups is 1. The van der Waals surface area contributed by atoms with Crippen LogP contribution < -0.4 is 25.8 Å². The molecule has 2 heterocycles. The number of pyridine rings is 1. The maximum absolute atomic E-state index is 13.9. The Morgan fingerprint density at radius 3 is 2.47 bits per heavy atom. The Hall–Kier alpha value is -4.88. The van der Waals surface area contributed by atoms with E-state index in [-0.39, 0.29) is 24.0 Å². The molecule has 3 amide bonds. The number of carbonyl (C=O) groups excluding carboxylic acids is 2. The summed E-state index contributed by atoms with van der Waals surface area (Å²) >= 11 is 0. The molecule has 3 N–H and O–H groups in total. The fraction of sp³-hybridized carbons (Fsp3) is 0.371. The van der Waals surface area contributed by atoms with Gasteiger partial charge in [0.05, 0.1) is 17.9 Å². The lowest BCUT2D eigenvalue weighted by atomic mass is 9.89. The highest BCUT2D eigenvalue weighted by Crippen LogP contribution is 2.36. The standard InChI is InChI=1S/C35H42N8O2/c1-5-34(44)40-31-21-29(16-17-32(31)42-20-19-30(24-42)41(3)4)43(35(45)38-22-25-9-7-6-8-10-25)28-14-11-26(12-15-28)39-33-18-13-27(36-2)23-37-33/h5-10,13,16-18,21,23,26,28,30H,1,11-12,14-15,19-20,22,24H2,3-4H3,(H,37,39)(H,38,45)(H,40,44). The summed E-state index contributed by atoms with van der Waals surface area (Å²) in [6, 6.07) is 19.9. The number of benzene rings is 2. The van der Waals surface area contributed by atoms with Gasteiger partial charge in [0.1, 0.15) is 5.82 Å². The van der Waals surface area contributed by atoms with Crippen LogP contribution in [0.3, 0.4) is 0 Å². The van der Waals surface area contributed by atoms with E-state index >= 15 is 0 Å². The van der Waals surface area contributed by atoms with Crippen molar-refractivity contribution in [1.82, 2.24) is 15.2 Å². The molecule has 0 spiro atoms. The van der Waals surface area contributed by atoms with Gasteiger partial charge in [0.25, 0.3) is 0 Å². The van der Waals surface area contributed by atoms with Gasteiger partial charge in [-0.25, -0.2) is 9.64 Å². The van der Waals surface area contributed by atoms with Crippen LogP contribution in [0.4, 0.5) is 33.4 Å². The first-order valence-electron chi connectivity index (χ1n) is 15.5. The predicted octanol–water partition coefficient (Wildman–Crippen LogP) is 6.04. The minimum Gasteiger partial charge on any atom is -0.368 e. The van der Waals surface area contributed by atoms with Crippen molar-refractivity contribution in [3.63, 3.8) is 0 Å². The summed E-state index contributed by atoms with van der Waals surface area (Å²) in [5.74, 6) is 0.460. The van der Waals surface area contributed by atoms with Crippen LogP contribution >= 0.6 is 0 Å². The summed E-state index contributed by atoms with van der Waals surface area (Å²) < 4.78 is 0. The minimum atomic E-state index is -0.290. The number of nitrogens with one attached hydrogen (secondary N) is 3. The normalized spacial score (nSPS) is 19.4. The third-order valence-corrected chi connectivity index (χ3v) is 8.73. The number of carbonyl (C=O) groups is 2. The Balaban J connectivity index is 1.38. The topological polar surface area (TPSA) is 97.2 Å². The van der Waals surface area contributed by atoms with E-state index in [1.165, 1.54) is 6.08 Å². The van der Waals surface area contributed by atoms with Crippen molar-refractivity contribution in [3.05, 3.63) is 96.5 Å². The third-order valence-electron chi connectivity index (χ3n) is 8.73. The van der Waals surface area contributed by atoms with Crippen LogP contribution in [0, 0.1) is 6.57 Å². The SMILES string of the molecule is [C-]#[N+]c1ccc(NC2CCC(N(C(=O)NCc3ccccc3)c3ccc(N4CCC(N(C)C)C4)c(NC(=O)C=C)c3)CC2)nc1. The van der Waals surface area contributed by atoms with Gasteiger partial charge in [0.2, 0.25) is 11.6 Å². The van der Waals surface area contributed by atoms with Crippen molar-refractivity contribution in [2.45, 2.75) is 56.8 Å². The average Bonchev–Trinajstić information content (AvgIpc) is 3.56. The summed E-state index contributed by atoms with van der Waals surface area (Å²) in [6.45, 7) is 12.9. The lowest BCUT2D eigenvalue weighted by Gasteiger charge is -2.38. The molecule has 5 rings (SSSR count). The second-order valence-electron chi connectivity index (χ2n) is 11.9. The monoisotopic (exact) mass is 606 g/mol. The molecule has 2 aliphatic rings. The molecule has 1 aliphatic heterocycles. The molecule has 1 aromatic heterocycles. The molecular formula is C35H42N8O2. The van der Waals surface area contributed by atoms with E-state index in [4.69, 9.17) is 6.57 Å². The largest absolute Gasteiger partial charge is 0.368 e. The van der Waals surface area contributed by atoms with E-state index in [0.717, 1.165) is 67.9 Å².